The normalized spacial score (nSPS) is 10.9. The lowest BCUT2D eigenvalue weighted by Crippen LogP contribution is -2.30. The van der Waals surface area contributed by atoms with Crippen molar-refractivity contribution in [3.8, 4) is 11.1 Å². The number of carboxylic acid groups (broad SMARTS) is 1. The molecule has 0 bridgehead atoms. The Morgan fingerprint density at radius 1 is 1.14 bits per heavy atom. The van der Waals surface area contributed by atoms with Crippen LogP contribution in [0.4, 0.5) is 0 Å². The molecule has 0 saturated heterocycles. The van der Waals surface area contributed by atoms with Gasteiger partial charge in [0.25, 0.3) is 0 Å². The summed E-state index contributed by atoms with van der Waals surface area (Å²) >= 11 is 0. The van der Waals surface area contributed by atoms with Crippen molar-refractivity contribution in [1.29, 1.82) is 0 Å². The highest BCUT2D eigenvalue weighted by molar-refractivity contribution is 5.69. The SMILES string of the molecule is CCCN(CC(=O)O)Cc1cccc(-c2ccccc2C)c1. The van der Waals surface area contributed by atoms with Crippen LogP contribution in [0.15, 0.2) is 48.5 Å². The summed E-state index contributed by atoms with van der Waals surface area (Å²) in [7, 11) is 0. The number of aliphatic carboxylic acids is 1. The number of benzene rings is 2. The van der Waals surface area contributed by atoms with E-state index < -0.39 is 5.97 Å². The first-order valence-corrected chi connectivity index (χ1v) is 7.69. The lowest BCUT2D eigenvalue weighted by atomic mass is 9.99. The molecule has 0 aliphatic rings. The number of carbonyl (C=O) groups is 1. The van der Waals surface area contributed by atoms with Crippen LogP contribution in [0.5, 0.6) is 0 Å². The van der Waals surface area contributed by atoms with Crippen LogP contribution in [0.2, 0.25) is 0 Å². The Balaban J connectivity index is 2.20. The molecule has 1 N–H and O–H groups in total. The molecular weight excluding hydrogens is 274 g/mol. The lowest BCUT2D eigenvalue weighted by molar-refractivity contribution is -0.138. The predicted molar refractivity (Wildman–Crippen MR) is 89.8 cm³/mol. The monoisotopic (exact) mass is 297 g/mol. The lowest BCUT2D eigenvalue weighted by Gasteiger charge is -2.20. The standard InChI is InChI=1S/C19H23NO2/c1-3-11-20(14-19(21)22)13-16-8-6-9-17(12-16)18-10-5-4-7-15(18)2/h4-10,12H,3,11,13-14H2,1-2H3,(H,21,22). The van der Waals surface area contributed by atoms with E-state index in [2.05, 4.69) is 44.2 Å². The fourth-order valence-corrected chi connectivity index (χ4v) is 2.71. The first-order chi connectivity index (χ1) is 10.6. The van der Waals surface area contributed by atoms with Crippen LogP contribution in [0, 0.1) is 6.92 Å². The summed E-state index contributed by atoms with van der Waals surface area (Å²) in [6.45, 7) is 5.72. The van der Waals surface area contributed by atoms with Crippen LogP contribution < -0.4 is 0 Å². The Morgan fingerprint density at radius 2 is 1.91 bits per heavy atom. The predicted octanol–water partition coefficient (Wildman–Crippen LogP) is 3.96. The third-order valence-corrected chi connectivity index (χ3v) is 3.69. The first-order valence-electron chi connectivity index (χ1n) is 7.69. The molecule has 0 atom stereocenters. The molecule has 0 fully saturated rings. The minimum absolute atomic E-state index is 0.0857. The zero-order valence-electron chi connectivity index (χ0n) is 13.2. The highest BCUT2D eigenvalue weighted by Crippen LogP contribution is 2.24. The van der Waals surface area contributed by atoms with Gasteiger partial charge in [-0.15, -0.1) is 0 Å². The molecular formula is C19H23NO2. The van der Waals surface area contributed by atoms with E-state index in [4.69, 9.17) is 5.11 Å². The molecule has 0 aromatic heterocycles. The van der Waals surface area contributed by atoms with E-state index in [1.807, 2.05) is 23.1 Å². The van der Waals surface area contributed by atoms with Gasteiger partial charge in [0.2, 0.25) is 0 Å². The molecule has 0 spiro atoms. The van der Waals surface area contributed by atoms with Crippen molar-refractivity contribution in [2.24, 2.45) is 0 Å². The molecule has 22 heavy (non-hydrogen) atoms. The molecule has 0 saturated carbocycles. The van der Waals surface area contributed by atoms with E-state index in [0.29, 0.717) is 6.54 Å². The van der Waals surface area contributed by atoms with Gasteiger partial charge in [-0.2, -0.15) is 0 Å². The van der Waals surface area contributed by atoms with E-state index in [0.717, 1.165) is 18.5 Å². The van der Waals surface area contributed by atoms with E-state index >= 15 is 0 Å². The molecule has 3 heteroatoms. The van der Waals surface area contributed by atoms with Crippen molar-refractivity contribution in [2.75, 3.05) is 13.1 Å². The van der Waals surface area contributed by atoms with Crippen molar-refractivity contribution in [3.63, 3.8) is 0 Å². The fraction of sp³-hybridized carbons (Fsp3) is 0.316. The Hall–Kier alpha value is -2.13. The van der Waals surface area contributed by atoms with Gasteiger partial charge >= 0.3 is 5.97 Å². The number of hydrogen-bond acceptors (Lipinski definition) is 2. The highest BCUT2D eigenvalue weighted by atomic mass is 16.4. The Labute approximate surface area is 132 Å². The van der Waals surface area contributed by atoms with E-state index in [1.54, 1.807) is 0 Å². The summed E-state index contributed by atoms with van der Waals surface area (Å²) in [6.07, 6.45) is 0.949. The van der Waals surface area contributed by atoms with E-state index in [9.17, 15) is 4.79 Å². The largest absolute Gasteiger partial charge is 0.480 e. The Bertz CT molecular complexity index is 637. The molecule has 116 valence electrons. The molecule has 0 heterocycles. The van der Waals surface area contributed by atoms with Crippen LogP contribution in [-0.2, 0) is 11.3 Å². The second-order valence-corrected chi connectivity index (χ2v) is 5.62. The molecule has 0 aliphatic carbocycles. The van der Waals surface area contributed by atoms with Gasteiger partial charge in [-0.1, -0.05) is 49.4 Å². The molecule has 0 aliphatic heterocycles. The van der Waals surface area contributed by atoms with Crippen molar-refractivity contribution >= 4 is 5.97 Å². The van der Waals surface area contributed by atoms with Gasteiger partial charge in [-0.25, -0.2) is 0 Å². The van der Waals surface area contributed by atoms with Gasteiger partial charge in [-0.3, -0.25) is 9.69 Å². The topological polar surface area (TPSA) is 40.5 Å². The number of nitrogens with zero attached hydrogens (tertiary/aromatic N) is 1. The number of carboxylic acids is 1. The fourth-order valence-electron chi connectivity index (χ4n) is 2.71. The minimum atomic E-state index is -0.775. The maximum absolute atomic E-state index is 11.0. The Kier molecular flexibility index (Phi) is 5.73. The maximum Gasteiger partial charge on any atom is 0.317 e. The Morgan fingerprint density at radius 3 is 2.59 bits per heavy atom. The van der Waals surface area contributed by atoms with Gasteiger partial charge in [-0.05, 0) is 48.2 Å². The van der Waals surface area contributed by atoms with Crippen LogP contribution in [0.3, 0.4) is 0 Å². The van der Waals surface area contributed by atoms with Crippen LogP contribution in [-0.4, -0.2) is 29.1 Å². The minimum Gasteiger partial charge on any atom is -0.480 e. The maximum atomic E-state index is 11.0. The quantitative estimate of drug-likeness (QED) is 0.841. The average Bonchev–Trinajstić information content (AvgIpc) is 2.47. The second kappa shape index (κ2) is 7.76. The van der Waals surface area contributed by atoms with Gasteiger partial charge in [0.1, 0.15) is 0 Å². The second-order valence-electron chi connectivity index (χ2n) is 5.62. The van der Waals surface area contributed by atoms with Gasteiger partial charge in [0.05, 0.1) is 6.54 Å². The molecule has 2 rings (SSSR count). The summed E-state index contributed by atoms with van der Waals surface area (Å²) in [4.78, 5) is 12.9. The number of hydrogen-bond donors (Lipinski definition) is 1. The first kappa shape index (κ1) is 16.2. The van der Waals surface area contributed by atoms with E-state index in [1.165, 1.54) is 16.7 Å². The summed E-state index contributed by atoms with van der Waals surface area (Å²) in [5, 5.41) is 9.02. The van der Waals surface area contributed by atoms with Crippen molar-refractivity contribution in [3.05, 3.63) is 59.7 Å². The molecule has 3 nitrogen and oxygen atoms in total. The number of rotatable bonds is 7. The van der Waals surface area contributed by atoms with Crippen LogP contribution in [0.1, 0.15) is 24.5 Å². The van der Waals surface area contributed by atoms with Gasteiger partial charge < -0.3 is 5.11 Å². The smallest absolute Gasteiger partial charge is 0.317 e. The van der Waals surface area contributed by atoms with Crippen molar-refractivity contribution < 1.29 is 9.90 Å². The third kappa shape index (κ3) is 4.43. The van der Waals surface area contributed by atoms with Crippen molar-refractivity contribution in [2.45, 2.75) is 26.8 Å². The third-order valence-electron chi connectivity index (χ3n) is 3.69. The summed E-state index contributed by atoms with van der Waals surface area (Å²) < 4.78 is 0. The van der Waals surface area contributed by atoms with E-state index in [-0.39, 0.29) is 6.54 Å². The molecule has 2 aromatic carbocycles. The average molecular weight is 297 g/mol. The van der Waals surface area contributed by atoms with Gasteiger partial charge in [0.15, 0.2) is 0 Å². The summed E-state index contributed by atoms with van der Waals surface area (Å²) in [5.74, 6) is -0.775. The van der Waals surface area contributed by atoms with Gasteiger partial charge in [0, 0.05) is 6.54 Å². The molecule has 0 amide bonds. The zero-order valence-corrected chi connectivity index (χ0v) is 13.2. The summed E-state index contributed by atoms with van der Waals surface area (Å²) in [5.41, 5.74) is 4.80. The highest BCUT2D eigenvalue weighted by Gasteiger charge is 2.10. The summed E-state index contributed by atoms with van der Waals surface area (Å²) in [6, 6.07) is 16.7. The van der Waals surface area contributed by atoms with Crippen molar-refractivity contribution in [1.82, 2.24) is 4.90 Å². The zero-order chi connectivity index (χ0) is 15.9. The number of aryl methyl sites for hydroxylation is 1. The van der Waals surface area contributed by atoms with Crippen LogP contribution in [0.25, 0.3) is 11.1 Å². The molecule has 0 unspecified atom stereocenters. The molecule has 0 radical (unpaired) electrons. The van der Waals surface area contributed by atoms with Crippen LogP contribution >= 0.6 is 0 Å². The molecule has 2 aromatic rings.